The van der Waals surface area contributed by atoms with Crippen molar-refractivity contribution in [1.82, 2.24) is 0 Å². The Labute approximate surface area is 79.0 Å². The lowest BCUT2D eigenvalue weighted by Gasteiger charge is -2.20. The number of alkyl halides is 2. The minimum absolute atomic E-state index is 0.278. The Morgan fingerprint density at radius 3 is 1.27 bits per heavy atom. The summed E-state index contributed by atoms with van der Waals surface area (Å²) in [5.41, 5.74) is -0.556. The Morgan fingerprint density at radius 1 is 0.818 bits per heavy atom. The lowest BCUT2D eigenvalue weighted by molar-refractivity contribution is 0.0327. The predicted octanol–water partition coefficient (Wildman–Crippen LogP) is 3.44. The van der Waals surface area contributed by atoms with Gasteiger partial charge in [0.25, 0.3) is 0 Å². The summed E-state index contributed by atoms with van der Waals surface area (Å²) in [5.74, 6) is 0.605. The van der Waals surface area contributed by atoms with Gasteiger partial charge in [0.05, 0.1) is 0 Å². The van der Waals surface area contributed by atoms with Gasteiger partial charge in [0.1, 0.15) is 11.1 Å². The van der Waals surface area contributed by atoms with Gasteiger partial charge in [-0.2, -0.15) is 0 Å². The summed E-state index contributed by atoms with van der Waals surface area (Å²) in [5, 5.41) is 0. The fourth-order valence-corrected chi connectivity index (χ4v) is 0.713. The van der Waals surface area contributed by atoms with Crippen molar-refractivity contribution in [3.63, 3.8) is 0 Å². The molecule has 0 N–H and O–H groups in total. The molecule has 11 heavy (non-hydrogen) atoms. The van der Waals surface area contributed by atoms with Crippen LogP contribution >= 0.6 is 23.2 Å². The van der Waals surface area contributed by atoms with E-state index in [1.54, 1.807) is 0 Å². The van der Waals surface area contributed by atoms with E-state index in [0.717, 1.165) is 0 Å². The Kier molecular flexibility index (Phi) is 5.49. The van der Waals surface area contributed by atoms with E-state index in [1.165, 1.54) is 0 Å². The third kappa shape index (κ3) is 4.89. The molecule has 0 aliphatic heterocycles. The molecule has 0 saturated heterocycles. The van der Waals surface area contributed by atoms with Crippen LogP contribution in [0.15, 0.2) is 0 Å². The van der Waals surface area contributed by atoms with E-state index in [4.69, 9.17) is 27.9 Å². The van der Waals surface area contributed by atoms with E-state index in [1.807, 2.05) is 27.7 Å². The van der Waals surface area contributed by atoms with Gasteiger partial charge in [-0.25, -0.2) is 0 Å². The zero-order chi connectivity index (χ0) is 9.02. The van der Waals surface area contributed by atoms with Gasteiger partial charge < -0.3 is 4.74 Å². The summed E-state index contributed by atoms with van der Waals surface area (Å²) in [6.07, 6.45) is 0. The van der Waals surface area contributed by atoms with E-state index < -0.39 is 0 Å². The van der Waals surface area contributed by atoms with E-state index >= 15 is 0 Å². The van der Waals surface area contributed by atoms with Crippen LogP contribution in [0.4, 0.5) is 0 Å². The van der Waals surface area contributed by atoms with Gasteiger partial charge in [0, 0.05) is 0 Å². The second kappa shape index (κ2) is 5.23. The van der Waals surface area contributed by atoms with Crippen molar-refractivity contribution in [1.29, 1.82) is 0 Å². The average Bonchev–Trinajstić information content (AvgIpc) is 1.87. The second-order valence-electron chi connectivity index (χ2n) is 3.33. The fraction of sp³-hybridized carbons (Fsp3) is 1.00. The van der Waals surface area contributed by atoms with Crippen molar-refractivity contribution >= 4 is 23.2 Å². The number of ether oxygens (including phenoxy) is 1. The molecular formula is C8H16Cl2O. The first-order valence-electron chi connectivity index (χ1n) is 3.88. The highest BCUT2D eigenvalue weighted by atomic mass is 35.5. The summed E-state index contributed by atoms with van der Waals surface area (Å²) in [7, 11) is 0. The molecule has 0 radical (unpaired) electrons. The normalized spacial score (nSPS) is 17.5. The lowest BCUT2D eigenvalue weighted by atomic mass is 10.2. The molecule has 0 fully saturated rings. The first-order valence-corrected chi connectivity index (χ1v) is 4.76. The molecule has 0 spiro atoms. The largest absolute Gasteiger partial charge is 0.343 e. The second-order valence-corrected chi connectivity index (χ2v) is 4.19. The highest BCUT2D eigenvalue weighted by Crippen LogP contribution is 2.19. The van der Waals surface area contributed by atoms with Gasteiger partial charge in [0.15, 0.2) is 0 Å². The fourth-order valence-electron chi connectivity index (χ4n) is 0.438. The molecule has 0 saturated carbocycles. The Morgan fingerprint density at radius 2 is 1.09 bits per heavy atom. The maximum atomic E-state index is 5.85. The molecule has 3 heteroatoms. The quantitative estimate of drug-likeness (QED) is 0.630. The van der Waals surface area contributed by atoms with Crippen LogP contribution in [0.25, 0.3) is 0 Å². The molecule has 2 unspecified atom stereocenters. The predicted molar refractivity (Wildman–Crippen MR) is 50.0 cm³/mol. The molecule has 0 bridgehead atoms. The zero-order valence-electron chi connectivity index (χ0n) is 7.47. The maximum absolute atomic E-state index is 5.85. The molecule has 2 atom stereocenters. The van der Waals surface area contributed by atoms with E-state index in [-0.39, 0.29) is 11.1 Å². The summed E-state index contributed by atoms with van der Waals surface area (Å²) in [6.45, 7) is 8.01. The molecule has 0 aliphatic carbocycles. The van der Waals surface area contributed by atoms with Crippen molar-refractivity contribution in [2.75, 3.05) is 0 Å². The van der Waals surface area contributed by atoms with Gasteiger partial charge in [-0.15, -0.1) is 0 Å². The van der Waals surface area contributed by atoms with Crippen molar-refractivity contribution in [3.05, 3.63) is 0 Å². The number of hydrogen-bond acceptors (Lipinski definition) is 1. The van der Waals surface area contributed by atoms with Crippen LogP contribution in [-0.4, -0.2) is 11.1 Å². The minimum Gasteiger partial charge on any atom is -0.343 e. The smallest absolute Gasteiger partial charge is 0.135 e. The van der Waals surface area contributed by atoms with Crippen LogP contribution in [0, 0.1) is 11.8 Å². The summed E-state index contributed by atoms with van der Waals surface area (Å²) < 4.78 is 5.30. The van der Waals surface area contributed by atoms with Crippen LogP contribution in [0.3, 0.4) is 0 Å². The molecule has 0 rings (SSSR count). The van der Waals surface area contributed by atoms with Crippen molar-refractivity contribution in [2.24, 2.45) is 11.8 Å². The molecule has 0 aromatic heterocycles. The van der Waals surface area contributed by atoms with Crippen LogP contribution in [-0.2, 0) is 4.74 Å². The average molecular weight is 199 g/mol. The van der Waals surface area contributed by atoms with Crippen LogP contribution in [0.1, 0.15) is 27.7 Å². The van der Waals surface area contributed by atoms with E-state index in [9.17, 15) is 0 Å². The molecule has 0 amide bonds. The van der Waals surface area contributed by atoms with E-state index in [0.29, 0.717) is 11.8 Å². The van der Waals surface area contributed by atoms with Crippen molar-refractivity contribution < 1.29 is 4.74 Å². The van der Waals surface area contributed by atoms with E-state index in [2.05, 4.69) is 0 Å². The third-order valence-electron chi connectivity index (χ3n) is 1.31. The summed E-state index contributed by atoms with van der Waals surface area (Å²) >= 11 is 11.7. The first-order chi connectivity index (χ1) is 4.95. The van der Waals surface area contributed by atoms with Gasteiger partial charge in [-0.3, -0.25) is 0 Å². The third-order valence-corrected chi connectivity index (χ3v) is 2.52. The number of hydrogen-bond donors (Lipinski definition) is 0. The van der Waals surface area contributed by atoms with Gasteiger partial charge in [-0.05, 0) is 11.8 Å². The molecule has 0 heterocycles. The Hall–Kier alpha value is 0.540. The van der Waals surface area contributed by atoms with Crippen molar-refractivity contribution in [2.45, 2.75) is 38.8 Å². The Bertz CT molecular complexity index is 92.3. The maximum Gasteiger partial charge on any atom is 0.135 e. The standard InChI is InChI=1S/C8H16Cl2O/c1-5(2)7(9)11-8(10)6(3)4/h5-8H,1-4H3. The van der Waals surface area contributed by atoms with Gasteiger partial charge in [-0.1, -0.05) is 50.9 Å². The highest BCUT2D eigenvalue weighted by molar-refractivity contribution is 6.22. The first kappa shape index (κ1) is 11.5. The molecule has 0 aliphatic rings. The monoisotopic (exact) mass is 198 g/mol. The van der Waals surface area contributed by atoms with Gasteiger partial charge in [0.2, 0.25) is 0 Å². The molecular weight excluding hydrogens is 183 g/mol. The summed E-state index contributed by atoms with van der Waals surface area (Å²) in [4.78, 5) is 0. The Balaban J connectivity index is 3.66. The van der Waals surface area contributed by atoms with Crippen LogP contribution in [0.5, 0.6) is 0 Å². The van der Waals surface area contributed by atoms with Crippen LogP contribution < -0.4 is 0 Å². The molecule has 0 aromatic rings. The highest BCUT2D eigenvalue weighted by Gasteiger charge is 2.17. The molecule has 0 aromatic carbocycles. The minimum atomic E-state index is -0.278. The van der Waals surface area contributed by atoms with Gasteiger partial charge >= 0.3 is 0 Å². The molecule has 1 nitrogen and oxygen atoms in total. The number of halogens is 2. The van der Waals surface area contributed by atoms with Crippen molar-refractivity contribution in [3.8, 4) is 0 Å². The van der Waals surface area contributed by atoms with Crippen LogP contribution in [0.2, 0.25) is 0 Å². The SMILES string of the molecule is CC(C)C(Cl)OC(Cl)C(C)C. The number of rotatable bonds is 4. The zero-order valence-corrected chi connectivity index (χ0v) is 8.99. The molecule has 68 valence electrons. The lowest BCUT2D eigenvalue weighted by Crippen LogP contribution is -2.21. The summed E-state index contributed by atoms with van der Waals surface area (Å²) in [6, 6.07) is 0. The topological polar surface area (TPSA) is 9.23 Å².